The van der Waals surface area contributed by atoms with Crippen molar-refractivity contribution in [1.29, 1.82) is 0 Å². The second kappa shape index (κ2) is 9.39. The average molecular weight is 411 g/mol. The van der Waals surface area contributed by atoms with Gasteiger partial charge in [0, 0.05) is 13.1 Å². The Labute approximate surface area is 175 Å². The van der Waals surface area contributed by atoms with E-state index < -0.39 is 17.8 Å². The molecule has 0 aliphatic carbocycles. The molecule has 1 aromatic carbocycles. The third-order valence-electron chi connectivity index (χ3n) is 4.93. The van der Waals surface area contributed by atoms with Gasteiger partial charge in [-0.1, -0.05) is 0 Å². The lowest BCUT2D eigenvalue weighted by molar-refractivity contribution is 0.0523. The summed E-state index contributed by atoms with van der Waals surface area (Å²) < 4.78 is 9.79. The summed E-state index contributed by atoms with van der Waals surface area (Å²) in [4.78, 5) is 43.2. The van der Waals surface area contributed by atoms with E-state index in [9.17, 15) is 14.4 Å². The van der Waals surface area contributed by atoms with Crippen molar-refractivity contribution in [2.45, 2.75) is 26.7 Å². The number of benzene rings is 1. The molecule has 8 nitrogen and oxygen atoms in total. The van der Waals surface area contributed by atoms with Gasteiger partial charge in [0.05, 0.1) is 41.9 Å². The molecule has 0 spiro atoms. The summed E-state index contributed by atoms with van der Waals surface area (Å²) in [7, 11) is 1.31. The molecule has 1 amide bonds. The first-order chi connectivity index (χ1) is 14.4. The summed E-state index contributed by atoms with van der Waals surface area (Å²) in [5.74, 6) is -1.39. The molecule has 8 heteroatoms. The topological polar surface area (TPSA) is 97.8 Å². The van der Waals surface area contributed by atoms with Crippen molar-refractivity contribution in [2.75, 3.05) is 37.0 Å². The largest absolute Gasteiger partial charge is 0.465 e. The molecule has 30 heavy (non-hydrogen) atoms. The van der Waals surface area contributed by atoms with Crippen LogP contribution in [0.25, 0.3) is 0 Å². The van der Waals surface area contributed by atoms with Crippen LogP contribution in [0.2, 0.25) is 0 Å². The molecule has 1 saturated heterocycles. The molecule has 158 valence electrons. The number of rotatable bonds is 6. The van der Waals surface area contributed by atoms with Crippen LogP contribution in [-0.2, 0) is 9.47 Å². The first kappa shape index (κ1) is 21.3. The number of amides is 1. The molecule has 0 atom stereocenters. The highest BCUT2D eigenvalue weighted by Gasteiger charge is 2.21. The van der Waals surface area contributed by atoms with Gasteiger partial charge >= 0.3 is 11.9 Å². The van der Waals surface area contributed by atoms with Gasteiger partial charge in [-0.05, 0) is 57.0 Å². The molecule has 3 rings (SSSR count). The Kier molecular flexibility index (Phi) is 6.66. The number of aromatic nitrogens is 1. The lowest BCUT2D eigenvalue weighted by Gasteiger charge is -2.22. The van der Waals surface area contributed by atoms with Crippen molar-refractivity contribution < 1.29 is 23.9 Å². The number of carbonyl (C=O) groups excluding carboxylic acids is 3. The molecule has 1 aliphatic heterocycles. The van der Waals surface area contributed by atoms with E-state index in [1.54, 1.807) is 26.0 Å². The number of hydrogen-bond acceptors (Lipinski definition) is 7. The minimum atomic E-state index is -0.480. The molecule has 0 unspecified atom stereocenters. The summed E-state index contributed by atoms with van der Waals surface area (Å²) in [6, 6.07) is 8.12. The Bertz CT molecular complexity index is 967. The highest BCUT2D eigenvalue weighted by Crippen LogP contribution is 2.30. The standard InChI is InChI=1S/C22H25N3O5/c1-4-30-22(28)16-8-9-17(23-14(16)2)20(26)24-18-13-15(21(27)29-3)7-10-19(18)25-11-5-6-12-25/h7-10,13H,4-6,11-12H2,1-3H3,(H,24,26). The molecule has 1 fully saturated rings. The minimum absolute atomic E-state index is 0.163. The first-order valence-corrected chi connectivity index (χ1v) is 9.88. The van der Waals surface area contributed by atoms with E-state index in [4.69, 9.17) is 9.47 Å². The zero-order valence-corrected chi connectivity index (χ0v) is 17.4. The lowest BCUT2D eigenvalue weighted by Crippen LogP contribution is -2.22. The van der Waals surface area contributed by atoms with E-state index in [1.807, 2.05) is 6.07 Å². The summed E-state index contributed by atoms with van der Waals surface area (Å²) in [5.41, 5.74) is 2.59. The number of nitrogens with one attached hydrogen (secondary N) is 1. The van der Waals surface area contributed by atoms with Crippen LogP contribution in [-0.4, -0.2) is 49.6 Å². The van der Waals surface area contributed by atoms with E-state index >= 15 is 0 Å². The fourth-order valence-corrected chi connectivity index (χ4v) is 3.41. The van der Waals surface area contributed by atoms with Crippen molar-refractivity contribution >= 4 is 29.2 Å². The van der Waals surface area contributed by atoms with Gasteiger partial charge in [-0.3, -0.25) is 4.79 Å². The van der Waals surface area contributed by atoms with Gasteiger partial charge in [-0.2, -0.15) is 0 Å². The summed E-state index contributed by atoms with van der Waals surface area (Å²) in [6.45, 7) is 5.40. The number of methoxy groups -OCH3 is 1. The zero-order chi connectivity index (χ0) is 21.7. The fraction of sp³-hybridized carbons (Fsp3) is 0.364. The number of pyridine rings is 1. The maximum atomic E-state index is 12.9. The van der Waals surface area contributed by atoms with Gasteiger partial charge in [-0.15, -0.1) is 0 Å². The molecule has 1 aromatic heterocycles. The SMILES string of the molecule is CCOC(=O)c1ccc(C(=O)Nc2cc(C(=O)OC)ccc2N2CCCC2)nc1C. The number of esters is 2. The Morgan fingerprint density at radius 3 is 2.47 bits per heavy atom. The maximum absolute atomic E-state index is 12.9. The van der Waals surface area contributed by atoms with Gasteiger partial charge in [0.15, 0.2) is 0 Å². The van der Waals surface area contributed by atoms with Crippen LogP contribution < -0.4 is 10.2 Å². The van der Waals surface area contributed by atoms with Gasteiger partial charge in [-0.25, -0.2) is 14.6 Å². The molecule has 1 N–H and O–H groups in total. The average Bonchev–Trinajstić information content (AvgIpc) is 3.27. The van der Waals surface area contributed by atoms with Crippen LogP contribution in [0.5, 0.6) is 0 Å². The van der Waals surface area contributed by atoms with Crippen molar-refractivity contribution in [3.63, 3.8) is 0 Å². The second-order valence-corrected chi connectivity index (χ2v) is 6.92. The van der Waals surface area contributed by atoms with Crippen molar-refractivity contribution in [1.82, 2.24) is 4.98 Å². The number of nitrogens with zero attached hydrogens (tertiary/aromatic N) is 2. The summed E-state index contributed by atoms with van der Waals surface area (Å²) in [5, 5.41) is 2.86. The van der Waals surface area contributed by atoms with E-state index in [1.165, 1.54) is 19.2 Å². The van der Waals surface area contributed by atoms with Gasteiger partial charge < -0.3 is 19.7 Å². The normalized spacial score (nSPS) is 13.1. The minimum Gasteiger partial charge on any atom is -0.465 e. The number of hydrogen-bond donors (Lipinski definition) is 1. The van der Waals surface area contributed by atoms with Gasteiger partial charge in [0.1, 0.15) is 5.69 Å². The van der Waals surface area contributed by atoms with Crippen LogP contribution in [0.3, 0.4) is 0 Å². The quantitative estimate of drug-likeness (QED) is 0.729. The molecule has 0 radical (unpaired) electrons. The molecular formula is C22H25N3O5. The number of aryl methyl sites for hydroxylation is 1. The predicted molar refractivity (Wildman–Crippen MR) is 112 cm³/mol. The fourth-order valence-electron chi connectivity index (χ4n) is 3.41. The van der Waals surface area contributed by atoms with Gasteiger partial charge in [0.2, 0.25) is 0 Å². The Morgan fingerprint density at radius 2 is 1.83 bits per heavy atom. The Hall–Kier alpha value is -3.42. The van der Waals surface area contributed by atoms with E-state index in [2.05, 4.69) is 15.2 Å². The van der Waals surface area contributed by atoms with Crippen LogP contribution in [0.1, 0.15) is 56.7 Å². The third-order valence-corrected chi connectivity index (χ3v) is 4.93. The van der Waals surface area contributed by atoms with Crippen LogP contribution in [0.4, 0.5) is 11.4 Å². The number of anilines is 2. The summed E-state index contributed by atoms with van der Waals surface area (Å²) >= 11 is 0. The highest BCUT2D eigenvalue weighted by molar-refractivity contribution is 6.06. The smallest absolute Gasteiger partial charge is 0.339 e. The molecule has 0 bridgehead atoms. The first-order valence-electron chi connectivity index (χ1n) is 9.88. The van der Waals surface area contributed by atoms with Crippen LogP contribution in [0, 0.1) is 6.92 Å². The van der Waals surface area contributed by atoms with E-state index in [-0.39, 0.29) is 12.3 Å². The maximum Gasteiger partial charge on any atom is 0.339 e. The lowest BCUT2D eigenvalue weighted by atomic mass is 10.1. The monoisotopic (exact) mass is 411 g/mol. The van der Waals surface area contributed by atoms with Crippen molar-refractivity contribution in [3.05, 3.63) is 52.8 Å². The van der Waals surface area contributed by atoms with Gasteiger partial charge in [0.25, 0.3) is 5.91 Å². The van der Waals surface area contributed by atoms with Crippen molar-refractivity contribution in [2.24, 2.45) is 0 Å². The highest BCUT2D eigenvalue weighted by atomic mass is 16.5. The van der Waals surface area contributed by atoms with Crippen LogP contribution >= 0.6 is 0 Å². The second-order valence-electron chi connectivity index (χ2n) is 6.92. The number of carbonyl (C=O) groups is 3. The van der Waals surface area contributed by atoms with Crippen molar-refractivity contribution in [3.8, 4) is 0 Å². The molecular weight excluding hydrogens is 386 g/mol. The molecule has 2 heterocycles. The Balaban J connectivity index is 1.88. The third kappa shape index (κ3) is 4.59. The predicted octanol–water partition coefficient (Wildman–Crippen LogP) is 3.21. The van der Waals surface area contributed by atoms with E-state index in [0.29, 0.717) is 22.5 Å². The molecule has 0 saturated carbocycles. The number of ether oxygens (including phenoxy) is 2. The van der Waals surface area contributed by atoms with E-state index in [0.717, 1.165) is 31.6 Å². The molecule has 2 aromatic rings. The Morgan fingerprint density at radius 1 is 1.10 bits per heavy atom. The van der Waals surface area contributed by atoms with Crippen LogP contribution in [0.15, 0.2) is 30.3 Å². The zero-order valence-electron chi connectivity index (χ0n) is 17.4. The summed E-state index contributed by atoms with van der Waals surface area (Å²) in [6.07, 6.45) is 2.14. The molecule has 1 aliphatic rings.